The summed E-state index contributed by atoms with van der Waals surface area (Å²) < 4.78 is 6.85. The van der Waals surface area contributed by atoms with Crippen molar-refractivity contribution in [1.29, 1.82) is 0 Å². The van der Waals surface area contributed by atoms with Crippen LogP contribution in [0.5, 0.6) is 0 Å². The maximum atomic E-state index is 10.8. The molecular weight excluding hydrogens is 384 g/mol. The van der Waals surface area contributed by atoms with E-state index in [0.717, 1.165) is 16.3 Å². The summed E-state index contributed by atoms with van der Waals surface area (Å²) in [5, 5.41) is 19.2. The van der Waals surface area contributed by atoms with E-state index in [1.54, 1.807) is 16.0 Å². The zero-order valence-electron chi connectivity index (χ0n) is 13.8. The van der Waals surface area contributed by atoms with Crippen molar-refractivity contribution in [3.8, 4) is 10.6 Å². The highest BCUT2D eigenvalue weighted by molar-refractivity contribution is 7.14. The zero-order chi connectivity index (χ0) is 18.6. The summed E-state index contributed by atoms with van der Waals surface area (Å²) in [7, 11) is 0. The van der Waals surface area contributed by atoms with Crippen LogP contribution >= 0.6 is 22.7 Å². The van der Waals surface area contributed by atoms with E-state index in [9.17, 15) is 10.1 Å². The van der Waals surface area contributed by atoms with Gasteiger partial charge in [-0.1, -0.05) is 24.3 Å². The molecule has 7 nitrogen and oxygen atoms in total. The Kier molecular flexibility index (Phi) is 4.77. The number of nitrogens with zero attached hydrogens (tertiary/aromatic N) is 4. The number of thiazole rings is 1. The molecule has 0 saturated carbocycles. The Morgan fingerprint density at radius 2 is 1.93 bits per heavy atom. The third-order valence-corrected chi connectivity index (χ3v) is 5.24. The van der Waals surface area contributed by atoms with E-state index in [-0.39, 0.29) is 5.88 Å². The normalized spacial score (nSPS) is 12.1. The van der Waals surface area contributed by atoms with Gasteiger partial charge in [-0.15, -0.1) is 22.7 Å². The van der Waals surface area contributed by atoms with Crippen molar-refractivity contribution >= 4 is 40.5 Å². The van der Waals surface area contributed by atoms with Crippen LogP contribution in [0.15, 0.2) is 79.9 Å². The summed E-state index contributed by atoms with van der Waals surface area (Å²) in [6.07, 6.45) is 1.45. The van der Waals surface area contributed by atoms with Crippen molar-refractivity contribution in [2.45, 2.75) is 0 Å². The minimum absolute atomic E-state index is 0.295. The number of furan rings is 1. The highest BCUT2D eigenvalue weighted by Crippen LogP contribution is 2.25. The number of rotatable bonds is 5. The number of hydrogen-bond donors (Lipinski definition) is 0. The maximum absolute atomic E-state index is 10.8. The van der Waals surface area contributed by atoms with Crippen LogP contribution in [-0.2, 0) is 0 Å². The minimum atomic E-state index is -0.581. The molecule has 0 saturated heterocycles. The van der Waals surface area contributed by atoms with Gasteiger partial charge in [0.05, 0.1) is 28.5 Å². The van der Waals surface area contributed by atoms with Crippen LogP contribution in [0.3, 0.4) is 0 Å². The molecule has 0 aliphatic rings. The van der Waals surface area contributed by atoms with Crippen LogP contribution in [0.25, 0.3) is 10.6 Å². The summed E-state index contributed by atoms with van der Waals surface area (Å²) >= 11 is 3.06. The van der Waals surface area contributed by atoms with Gasteiger partial charge in [0.25, 0.3) is 0 Å². The van der Waals surface area contributed by atoms with Crippen LogP contribution in [0.4, 0.5) is 11.6 Å². The topological polar surface area (TPSA) is 85.9 Å². The summed E-state index contributed by atoms with van der Waals surface area (Å²) in [5.41, 5.74) is 1.71. The van der Waals surface area contributed by atoms with Gasteiger partial charge >= 0.3 is 5.88 Å². The van der Waals surface area contributed by atoms with Crippen LogP contribution in [0.2, 0.25) is 0 Å². The Morgan fingerprint density at radius 1 is 1.07 bits per heavy atom. The van der Waals surface area contributed by atoms with Crippen molar-refractivity contribution in [3.63, 3.8) is 0 Å². The zero-order valence-corrected chi connectivity index (χ0v) is 15.4. The number of para-hydroxylation sites is 1. The lowest BCUT2D eigenvalue weighted by Gasteiger charge is -2.00. The summed E-state index contributed by atoms with van der Waals surface area (Å²) in [6.45, 7) is 0. The molecule has 3 heterocycles. The molecule has 0 aliphatic heterocycles. The predicted octanol–water partition coefficient (Wildman–Crippen LogP) is 4.89. The summed E-state index contributed by atoms with van der Waals surface area (Å²) in [4.78, 5) is 16.6. The Hall–Kier alpha value is -3.30. The molecule has 0 amide bonds. The van der Waals surface area contributed by atoms with E-state index >= 15 is 0 Å². The molecule has 0 atom stereocenters. The molecule has 0 radical (unpaired) electrons. The van der Waals surface area contributed by atoms with E-state index in [0.29, 0.717) is 10.6 Å². The molecule has 0 unspecified atom stereocenters. The fourth-order valence-corrected chi connectivity index (χ4v) is 3.97. The van der Waals surface area contributed by atoms with Crippen molar-refractivity contribution in [1.82, 2.24) is 4.68 Å². The Morgan fingerprint density at radius 3 is 2.63 bits per heavy atom. The monoisotopic (exact) mass is 396 g/mol. The van der Waals surface area contributed by atoms with Crippen molar-refractivity contribution in [2.75, 3.05) is 0 Å². The smallest absolute Gasteiger partial charge is 0.400 e. The van der Waals surface area contributed by atoms with E-state index in [1.807, 2.05) is 53.2 Å². The van der Waals surface area contributed by atoms with E-state index < -0.39 is 4.92 Å². The van der Waals surface area contributed by atoms with Crippen LogP contribution < -0.4 is 4.80 Å². The molecule has 0 N–H and O–H groups in total. The molecule has 0 bridgehead atoms. The van der Waals surface area contributed by atoms with Gasteiger partial charge in [-0.25, -0.2) is 9.67 Å². The molecular formula is C18H12N4O3S2. The minimum Gasteiger partial charge on any atom is -0.400 e. The van der Waals surface area contributed by atoms with Crippen LogP contribution in [-0.4, -0.2) is 15.8 Å². The molecule has 4 rings (SSSR count). The first-order valence-corrected chi connectivity index (χ1v) is 9.59. The molecule has 134 valence electrons. The molecule has 0 spiro atoms. The first-order valence-electron chi connectivity index (χ1n) is 7.83. The fourth-order valence-electron chi connectivity index (χ4n) is 2.32. The predicted molar refractivity (Wildman–Crippen MR) is 106 cm³/mol. The van der Waals surface area contributed by atoms with E-state index in [4.69, 9.17) is 4.42 Å². The molecule has 0 fully saturated rings. The number of nitro groups is 1. The lowest BCUT2D eigenvalue weighted by Crippen LogP contribution is -2.11. The van der Waals surface area contributed by atoms with Crippen LogP contribution in [0, 0.1) is 10.1 Å². The van der Waals surface area contributed by atoms with Gasteiger partial charge in [0.1, 0.15) is 4.92 Å². The standard InChI is InChI=1S/C18H12N4O3S2/c23-22(24)17-9-8-14(25-17)11-19-21-15(16-7-4-10-26-16)12-27-18(21)20-13-5-2-1-3-6-13/h1-12H. The molecule has 27 heavy (non-hydrogen) atoms. The van der Waals surface area contributed by atoms with Gasteiger partial charge in [-0.2, -0.15) is 5.10 Å². The van der Waals surface area contributed by atoms with Crippen molar-refractivity contribution in [2.24, 2.45) is 10.1 Å². The average Bonchev–Trinajstić information content (AvgIpc) is 3.42. The second-order valence-corrected chi connectivity index (χ2v) is 7.10. The maximum Gasteiger partial charge on any atom is 0.433 e. The van der Waals surface area contributed by atoms with Gasteiger partial charge in [-0.05, 0) is 29.6 Å². The third kappa shape index (κ3) is 3.78. The van der Waals surface area contributed by atoms with Gasteiger partial charge < -0.3 is 4.42 Å². The highest BCUT2D eigenvalue weighted by Gasteiger charge is 2.12. The Balaban J connectivity index is 1.78. The largest absolute Gasteiger partial charge is 0.433 e. The lowest BCUT2D eigenvalue weighted by atomic mass is 10.3. The number of aromatic nitrogens is 1. The second kappa shape index (κ2) is 7.52. The molecule has 1 aromatic carbocycles. The second-order valence-electron chi connectivity index (χ2n) is 5.32. The quantitative estimate of drug-likeness (QED) is 0.273. The first kappa shape index (κ1) is 17.1. The molecule has 0 aliphatic carbocycles. The Labute approximate surface area is 161 Å². The number of hydrogen-bond acceptors (Lipinski definition) is 7. The fraction of sp³-hybridized carbons (Fsp3) is 0. The van der Waals surface area contributed by atoms with Crippen LogP contribution in [0.1, 0.15) is 5.76 Å². The molecule has 4 aromatic rings. The molecule has 9 heteroatoms. The summed E-state index contributed by atoms with van der Waals surface area (Å²) in [5.74, 6) is -0.0253. The van der Waals surface area contributed by atoms with E-state index in [2.05, 4.69) is 10.1 Å². The molecule has 3 aromatic heterocycles. The highest BCUT2D eigenvalue weighted by atomic mass is 32.1. The SMILES string of the molecule is O=[N+]([O-])c1ccc(C=Nn2c(-c3cccs3)csc2=Nc2ccccc2)o1. The van der Waals surface area contributed by atoms with Crippen molar-refractivity contribution in [3.05, 3.63) is 86.0 Å². The van der Waals surface area contributed by atoms with Gasteiger partial charge in [0.2, 0.25) is 4.80 Å². The van der Waals surface area contributed by atoms with Gasteiger partial charge in [0, 0.05) is 5.38 Å². The van der Waals surface area contributed by atoms with E-state index in [1.165, 1.54) is 29.7 Å². The summed E-state index contributed by atoms with van der Waals surface area (Å²) in [6, 6.07) is 16.4. The number of benzene rings is 1. The first-order chi connectivity index (χ1) is 13.2. The third-order valence-electron chi connectivity index (χ3n) is 3.53. The van der Waals surface area contributed by atoms with Crippen molar-refractivity contribution < 1.29 is 9.34 Å². The van der Waals surface area contributed by atoms with Gasteiger partial charge in [0.15, 0.2) is 5.76 Å². The average molecular weight is 396 g/mol. The van der Waals surface area contributed by atoms with Gasteiger partial charge in [-0.3, -0.25) is 10.1 Å². The Bertz CT molecular complexity index is 1150. The lowest BCUT2D eigenvalue weighted by molar-refractivity contribution is -0.402. The number of thiophene rings is 1.